The summed E-state index contributed by atoms with van der Waals surface area (Å²) in [5.74, 6) is -0.494. The molecule has 3 rings (SSSR count). The zero-order valence-electron chi connectivity index (χ0n) is 25.8. The van der Waals surface area contributed by atoms with Crippen LogP contribution < -0.4 is 23.8 Å². The molecule has 0 saturated carbocycles. The third-order valence-electron chi connectivity index (χ3n) is 7.16. The number of rotatable bonds is 14. The summed E-state index contributed by atoms with van der Waals surface area (Å²) >= 11 is 18.8. The van der Waals surface area contributed by atoms with Crippen molar-refractivity contribution in [2.75, 3.05) is 32.2 Å². The normalized spacial score (nSPS) is 12.6. The lowest BCUT2D eigenvalue weighted by molar-refractivity contribution is -0.139. The zero-order valence-corrected chi connectivity index (χ0v) is 28.9. The molecule has 244 valence electrons. The number of nitrogens with zero attached hydrogens (tertiary/aromatic N) is 2. The molecule has 0 aliphatic carbocycles. The molecule has 0 heterocycles. The average Bonchev–Trinajstić information content (AvgIpc) is 3.02. The van der Waals surface area contributed by atoms with E-state index in [0.717, 1.165) is 4.31 Å². The van der Waals surface area contributed by atoms with Crippen LogP contribution in [0.5, 0.6) is 17.2 Å². The lowest BCUT2D eigenvalue weighted by Gasteiger charge is -2.33. The van der Waals surface area contributed by atoms with Gasteiger partial charge in [0.15, 0.2) is 11.5 Å². The zero-order chi connectivity index (χ0) is 33.5. The topological polar surface area (TPSA) is 114 Å². The first-order valence-electron chi connectivity index (χ1n) is 13.9. The van der Waals surface area contributed by atoms with Gasteiger partial charge < -0.3 is 24.4 Å². The van der Waals surface area contributed by atoms with Crippen molar-refractivity contribution < 1.29 is 32.2 Å². The Balaban J connectivity index is 2.16. The molecule has 1 N–H and O–H groups in total. The van der Waals surface area contributed by atoms with Gasteiger partial charge in [0.05, 0.1) is 31.9 Å². The minimum absolute atomic E-state index is 0.00863. The molecule has 3 aromatic carbocycles. The molecule has 0 bridgehead atoms. The van der Waals surface area contributed by atoms with E-state index < -0.39 is 34.4 Å². The first kappa shape index (κ1) is 36.1. The molecular weight excluding hydrogens is 665 g/mol. The molecule has 0 saturated heterocycles. The van der Waals surface area contributed by atoms with E-state index in [4.69, 9.17) is 49.0 Å². The summed E-state index contributed by atoms with van der Waals surface area (Å²) in [7, 11) is -0.310. The second kappa shape index (κ2) is 15.8. The number of ether oxygens (including phenoxy) is 3. The van der Waals surface area contributed by atoms with Gasteiger partial charge in [0.2, 0.25) is 11.8 Å². The van der Waals surface area contributed by atoms with E-state index in [2.05, 4.69) is 5.32 Å². The van der Waals surface area contributed by atoms with Crippen molar-refractivity contribution in [3.63, 3.8) is 0 Å². The predicted octanol–water partition coefficient (Wildman–Crippen LogP) is 6.20. The van der Waals surface area contributed by atoms with E-state index >= 15 is 0 Å². The maximum absolute atomic E-state index is 14.3. The Morgan fingerprint density at radius 1 is 0.844 bits per heavy atom. The van der Waals surface area contributed by atoms with Crippen molar-refractivity contribution in [1.82, 2.24) is 10.2 Å². The van der Waals surface area contributed by atoms with Gasteiger partial charge in [-0.2, -0.15) is 0 Å². The number of halogens is 3. The standard InChI is InChI=1S/C31H36Cl3N3O7S/c1-7-19(2)35-31(39)20(3)36(17-21-8-9-22(32)14-25(21)34)30(38)18-37(26-15-23(33)10-12-27(26)42-4)45(40,41)24-11-13-28(43-5)29(16-24)44-6/h8-16,19-20H,7,17-18H2,1-6H3,(H,35,39)/t19-,20+/m0/s1. The Hall–Kier alpha value is -3.38. The van der Waals surface area contributed by atoms with Crippen LogP contribution in [0.1, 0.15) is 32.8 Å². The van der Waals surface area contributed by atoms with Gasteiger partial charge in [-0.3, -0.25) is 13.9 Å². The van der Waals surface area contributed by atoms with Gasteiger partial charge in [-0.1, -0.05) is 47.8 Å². The van der Waals surface area contributed by atoms with Crippen LogP contribution in [-0.4, -0.2) is 65.1 Å². The quantitative estimate of drug-likeness (QED) is 0.213. The summed E-state index contributed by atoms with van der Waals surface area (Å²) in [5, 5.41) is 3.76. The molecule has 0 radical (unpaired) electrons. The number of carbonyl (C=O) groups excluding carboxylic acids is 2. The fraction of sp³-hybridized carbons (Fsp3) is 0.355. The van der Waals surface area contributed by atoms with Crippen molar-refractivity contribution in [2.24, 2.45) is 0 Å². The molecule has 0 spiro atoms. The van der Waals surface area contributed by atoms with Crippen molar-refractivity contribution in [3.8, 4) is 17.2 Å². The van der Waals surface area contributed by atoms with E-state index in [0.29, 0.717) is 22.8 Å². The van der Waals surface area contributed by atoms with Crippen LogP contribution in [0.4, 0.5) is 5.69 Å². The Kier molecular flexibility index (Phi) is 12.6. The Labute approximate surface area is 279 Å². The molecule has 0 aromatic heterocycles. The number of sulfonamides is 1. The third-order valence-corrected chi connectivity index (χ3v) is 9.73. The van der Waals surface area contributed by atoms with Crippen LogP contribution in [0.25, 0.3) is 0 Å². The number of anilines is 1. The second-order valence-corrected chi connectivity index (χ2v) is 13.2. The van der Waals surface area contributed by atoms with Crippen LogP contribution in [0.15, 0.2) is 59.5 Å². The number of methoxy groups -OCH3 is 3. The maximum atomic E-state index is 14.3. The summed E-state index contributed by atoms with van der Waals surface area (Å²) < 4.78 is 45.6. The van der Waals surface area contributed by atoms with Gasteiger partial charge in [-0.05, 0) is 68.3 Å². The third kappa shape index (κ3) is 8.66. The summed E-state index contributed by atoms with van der Waals surface area (Å²) in [6.45, 7) is 4.49. The lowest BCUT2D eigenvalue weighted by atomic mass is 10.1. The van der Waals surface area contributed by atoms with E-state index in [1.54, 1.807) is 19.1 Å². The average molecular weight is 701 g/mol. The number of carbonyl (C=O) groups is 2. The number of hydrogen-bond donors (Lipinski definition) is 1. The highest BCUT2D eigenvalue weighted by Crippen LogP contribution is 2.37. The van der Waals surface area contributed by atoms with E-state index in [9.17, 15) is 18.0 Å². The second-order valence-electron chi connectivity index (χ2n) is 10.1. The van der Waals surface area contributed by atoms with Crippen LogP contribution in [-0.2, 0) is 26.2 Å². The molecular formula is C31H36Cl3N3O7S. The molecule has 0 aliphatic heterocycles. The van der Waals surface area contributed by atoms with Crippen LogP contribution in [0.2, 0.25) is 15.1 Å². The highest BCUT2D eigenvalue weighted by atomic mass is 35.5. The number of hydrogen-bond acceptors (Lipinski definition) is 7. The van der Waals surface area contributed by atoms with Crippen molar-refractivity contribution in [1.29, 1.82) is 0 Å². The van der Waals surface area contributed by atoms with Crippen molar-refractivity contribution >= 4 is 62.3 Å². The van der Waals surface area contributed by atoms with Crippen LogP contribution in [0.3, 0.4) is 0 Å². The van der Waals surface area contributed by atoms with Crippen LogP contribution >= 0.6 is 34.8 Å². The minimum atomic E-state index is -4.48. The molecule has 45 heavy (non-hydrogen) atoms. The number of amides is 2. The molecule has 2 amide bonds. The van der Waals surface area contributed by atoms with Gasteiger partial charge >= 0.3 is 0 Å². The first-order valence-corrected chi connectivity index (χ1v) is 16.5. The number of benzene rings is 3. The molecule has 0 aliphatic rings. The van der Waals surface area contributed by atoms with Gasteiger partial charge in [-0.25, -0.2) is 8.42 Å². The van der Waals surface area contributed by atoms with Crippen molar-refractivity contribution in [3.05, 3.63) is 75.2 Å². The molecule has 2 atom stereocenters. The summed E-state index contributed by atoms with van der Waals surface area (Å²) in [4.78, 5) is 28.6. The van der Waals surface area contributed by atoms with E-state index in [1.807, 2.05) is 13.8 Å². The summed E-state index contributed by atoms with van der Waals surface area (Å²) in [5.41, 5.74) is 0.515. The largest absolute Gasteiger partial charge is 0.495 e. The highest BCUT2D eigenvalue weighted by Gasteiger charge is 2.35. The summed E-state index contributed by atoms with van der Waals surface area (Å²) in [6.07, 6.45) is 0.668. The fourth-order valence-corrected chi connectivity index (χ4v) is 6.42. The highest BCUT2D eigenvalue weighted by molar-refractivity contribution is 7.92. The Bertz CT molecular complexity index is 1640. The van der Waals surface area contributed by atoms with Gasteiger partial charge in [0.1, 0.15) is 18.3 Å². The molecule has 10 nitrogen and oxygen atoms in total. The molecule has 0 fully saturated rings. The van der Waals surface area contributed by atoms with Gasteiger partial charge in [0, 0.05) is 33.7 Å². The van der Waals surface area contributed by atoms with Gasteiger partial charge in [0.25, 0.3) is 10.0 Å². The lowest BCUT2D eigenvalue weighted by Crippen LogP contribution is -2.52. The number of nitrogens with one attached hydrogen (secondary N) is 1. The minimum Gasteiger partial charge on any atom is -0.495 e. The molecule has 0 unspecified atom stereocenters. The molecule has 14 heteroatoms. The van der Waals surface area contributed by atoms with Gasteiger partial charge in [-0.15, -0.1) is 0 Å². The Morgan fingerprint density at radius 2 is 1.44 bits per heavy atom. The predicted molar refractivity (Wildman–Crippen MR) is 176 cm³/mol. The monoisotopic (exact) mass is 699 g/mol. The van der Waals surface area contributed by atoms with E-state index in [-0.39, 0.29) is 44.7 Å². The SMILES string of the molecule is CC[C@H](C)NC(=O)[C@@H](C)N(Cc1ccc(Cl)cc1Cl)C(=O)CN(c1cc(Cl)ccc1OC)S(=O)(=O)c1ccc(OC)c(OC)c1. The fourth-order valence-electron chi connectivity index (χ4n) is 4.36. The molecule has 3 aromatic rings. The maximum Gasteiger partial charge on any atom is 0.265 e. The smallest absolute Gasteiger partial charge is 0.265 e. The Morgan fingerprint density at radius 3 is 2.04 bits per heavy atom. The van der Waals surface area contributed by atoms with Crippen LogP contribution in [0, 0.1) is 0 Å². The first-order chi connectivity index (χ1) is 21.3. The van der Waals surface area contributed by atoms with Crippen molar-refractivity contribution in [2.45, 2.75) is 50.7 Å². The summed E-state index contributed by atoms with van der Waals surface area (Å²) in [6, 6.07) is 12.1. The van der Waals surface area contributed by atoms with E-state index in [1.165, 1.54) is 68.7 Å².